The molecular weight excluding hydrogens is 457 g/mol. The number of nitrogens with zero attached hydrogens (tertiary/aromatic N) is 1. The van der Waals surface area contributed by atoms with Crippen LogP contribution in [0.2, 0.25) is 5.02 Å². The standard InChI is InChI=1S/C20H24ClF3N2O4S/c1-18(2)12-6-7-19(18,16(27)8-12)11-31(29,30)26(3)10-17(28)25-13-4-5-15(21)14(9-13)20(22,23)24/h4-5,9,12H,6-8,10-11H2,1-3H3,(H,25,28). The van der Waals surface area contributed by atoms with Crippen LogP contribution < -0.4 is 5.32 Å². The maximum absolute atomic E-state index is 13.0. The second kappa shape index (κ2) is 7.74. The molecule has 172 valence electrons. The van der Waals surface area contributed by atoms with Crippen LogP contribution in [-0.4, -0.2) is 43.8 Å². The van der Waals surface area contributed by atoms with E-state index in [1.807, 2.05) is 13.8 Å². The monoisotopic (exact) mass is 480 g/mol. The molecule has 2 atom stereocenters. The number of hydrogen-bond acceptors (Lipinski definition) is 4. The maximum atomic E-state index is 13.0. The van der Waals surface area contributed by atoms with Crippen LogP contribution in [-0.2, 0) is 25.8 Å². The Morgan fingerprint density at radius 2 is 1.97 bits per heavy atom. The third kappa shape index (κ3) is 4.21. The van der Waals surface area contributed by atoms with Crippen LogP contribution in [0.1, 0.15) is 38.7 Å². The first-order valence-corrected chi connectivity index (χ1v) is 11.7. The van der Waals surface area contributed by atoms with Gasteiger partial charge in [-0.1, -0.05) is 25.4 Å². The number of nitrogens with one attached hydrogen (secondary N) is 1. The highest BCUT2D eigenvalue weighted by molar-refractivity contribution is 7.89. The van der Waals surface area contributed by atoms with E-state index in [2.05, 4.69) is 5.32 Å². The fourth-order valence-corrected chi connectivity index (χ4v) is 6.91. The van der Waals surface area contributed by atoms with E-state index in [9.17, 15) is 31.2 Å². The lowest BCUT2D eigenvalue weighted by Gasteiger charge is -2.37. The van der Waals surface area contributed by atoms with Crippen molar-refractivity contribution in [2.45, 2.75) is 39.3 Å². The van der Waals surface area contributed by atoms with Gasteiger partial charge < -0.3 is 5.32 Å². The maximum Gasteiger partial charge on any atom is 0.417 e. The van der Waals surface area contributed by atoms with Gasteiger partial charge in [0.2, 0.25) is 15.9 Å². The predicted octanol–water partition coefficient (Wildman–Crippen LogP) is 3.95. The van der Waals surface area contributed by atoms with Gasteiger partial charge in [0.15, 0.2) is 0 Å². The van der Waals surface area contributed by atoms with Crippen LogP contribution in [0, 0.1) is 16.7 Å². The zero-order valence-corrected chi connectivity index (χ0v) is 18.9. The Morgan fingerprint density at radius 3 is 2.48 bits per heavy atom. The minimum absolute atomic E-state index is 0.0592. The largest absolute Gasteiger partial charge is 0.417 e. The van der Waals surface area contributed by atoms with Crippen LogP contribution in [0.4, 0.5) is 18.9 Å². The number of rotatable bonds is 6. The van der Waals surface area contributed by atoms with Gasteiger partial charge in [-0.25, -0.2) is 8.42 Å². The molecule has 1 amide bonds. The molecule has 31 heavy (non-hydrogen) atoms. The van der Waals surface area contributed by atoms with E-state index in [1.165, 1.54) is 13.1 Å². The first-order valence-electron chi connectivity index (χ1n) is 9.74. The van der Waals surface area contributed by atoms with Gasteiger partial charge in [-0.3, -0.25) is 9.59 Å². The fraction of sp³-hybridized carbons (Fsp3) is 0.600. The summed E-state index contributed by atoms with van der Waals surface area (Å²) in [5.41, 5.74) is -2.68. The lowest BCUT2D eigenvalue weighted by Crippen LogP contribution is -2.47. The van der Waals surface area contributed by atoms with Gasteiger partial charge in [0.1, 0.15) is 5.78 Å². The molecule has 1 aromatic rings. The first kappa shape index (κ1) is 24.0. The van der Waals surface area contributed by atoms with Gasteiger partial charge in [0.25, 0.3) is 0 Å². The molecule has 2 saturated carbocycles. The number of halogens is 4. The van der Waals surface area contributed by atoms with Crippen molar-refractivity contribution >= 4 is 39.0 Å². The highest BCUT2D eigenvalue weighted by Crippen LogP contribution is 2.64. The van der Waals surface area contributed by atoms with Crippen molar-refractivity contribution in [3.63, 3.8) is 0 Å². The van der Waals surface area contributed by atoms with Crippen molar-refractivity contribution in [2.24, 2.45) is 16.7 Å². The van der Waals surface area contributed by atoms with E-state index in [-0.39, 0.29) is 23.1 Å². The Labute approximate surface area is 184 Å². The number of carbonyl (C=O) groups excluding carboxylic acids is 2. The molecule has 0 aromatic heterocycles. The van der Waals surface area contributed by atoms with Gasteiger partial charge in [-0.15, -0.1) is 0 Å². The Balaban J connectivity index is 1.71. The van der Waals surface area contributed by atoms with Crippen molar-refractivity contribution in [1.82, 2.24) is 4.31 Å². The molecule has 1 N–H and O–H groups in total. The normalized spacial score (nSPS) is 25.3. The SMILES string of the molecule is CN(CC(=O)Nc1ccc(Cl)c(C(F)(F)F)c1)S(=O)(=O)CC12CCC(CC1=O)C2(C)C. The van der Waals surface area contributed by atoms with E-state index in [0.717, 1.165) is 16.8 Å². The van der Waals surface area contributed by atoms with E-state index in [4.69, 9.17) is 11.6 Å². The molecule has 6 nitrogen and oxygen atoms in total. The summed E-state index contributed by atoms with van der Waals surface area (Å²) in [5, 5.41) is 1.75. The topological polar surface area (TPSA) is 83.6 Å². The molecule has 2 unspecified atom stereocenters. The Morgan fingerprint density at radius 1 is 1.32 bits per heavy atom. The summed E-state index contributed by atoms with van der Waals surface area (Å²) in [6, 6.07) is 2.89. The van der Waals surface area contributed by atoms with Gasteiger partial charge in [-0.2, -0.15) is 17.5 Å². The van der Waals surface area contributed by atoms with Gasteiger partial charge in [0, 0.05) is 24.6 Å². The molecule has 2 aliphatic rings. The van der Waals surface area contributed by atoms with Crippen LogP contribution in [0.25, 0.3) is 0 Å². The lowest BCUT2D eigenvalue weighted by atomic mass is 9.70. The van der Waals surface area contributed by atoms with Crippen molar-refractivity contribution in [2.75, 3.05) is 24.7 Å². The molecule has 1 aromatic carbocycles. The second-order valence-electron chi connectivity index (χ2n) is 8.92. The molecule has 0 saturated heterocycles. The second-order valence-corrected chi connectivity index (χ2v) is 11.4. The number of amides is 1. The third-order valence-electron chi connectivity index (χ3n) is 6.96. The molecule has 2 aliphatic carbocycles. The quantitative estimate of drug-likeness (QED) is 0.668. The van der Waals surface area contributed by atoms with E-state index in [0.29, 0.717) is 18.9 Å². The van der Waals surface area contributed by atoms with Crippen molar-refractivity contribution in [3.05, 3.63) is 28.8 Å². The molecular formula is C20H24ClF3N2O4S. The van der Waals surface area contributed by atoms with Crippen molar-refractivity contribution < 1.29 is 31.2 Å². The summed E-state index contributed by atoms with van der Waals surface area (Å²) >= 11 is 5.56. The highest BCUT2D eigenvalue weighted by Gasteiger charge is 2.65. The number of likely N-dealkylation sites (N-methyl/N-ethyl adjacent to an activating group) is 1. The number of hydrogen-bond donors (Lipinski definition) is 1. The Hall–Kier alpha value is -1.65. The minimum atomic E-state index is -4.70. The lowest BCUT2D eigenvalue weighted by molar-refractivity contribution is -0.137. The fourth-order valence-electron chi connectivity index (χ4n) is 4.85. The summed E-state index contributed by atoms with van der Waals surface area (Å²) in [6.07, 6.45) is -3.05. The number of ketones is 1. The van der Waals surface area contributed by atoms with Crippen LogP contribution in [0.5, 0.6) is 0 Å². The summed E-state index contributed by atoms with van der Waals surface area (Å²) < 4.78 is 65.7. The zero-order chi connectivity index (χ0) is 23.4. The molecule has 2 fully saturated rings. The number of alkyl halides is 3. The average Bonchev–Trinajstić information content (AvgIpc) is 2.96. The number of carbonyl (C=O) groups is 2. The van der Waals surface area contributed by atoms with E-state index < -0.39 is 50.1 Å². The average molecular weight is 481 g/mol. The van der Waals surface area contributed by atoms with Gasteiger partial charge in [-0.05, 0) is 42.4 Å². The molecule has 0 radical (unpaired) electrons. The molecule has 3 rings (SSSR count). The summed E-state index contributed by atoms with van der Waals surface area (Å²) in [5.74, 6) is -1.10. The molecule has 0 spiro atoms. The number of Topliss-reactive ketones (excluding diaryl/α,β-unsaturated/α-hetero) is 1. The smallest absolute Gasteiger partial charge is 0.325 e. The van der Waals surface area contributed by atoms with Crippen LogP contribution >= 0.6 is 11.6 Å². The molecule has 0 aliphatic heterocycles. The zero-order valence-electron chi connectivity index (χ0n) is 17.3. The number of fused-ring (bicyclic) bond motifs is 2. The minimum Gasteiger partial charge on any atom is -0.325 e. The van der Waals surface area contributed by atoms with Crippen molar-refractivity contribution in [3.8, 4) is 0 Å². The third-order valence-corrected chi connectivity index (χ3v) is 9.23. The summed E-state index contributed by atoms with van der Waals surface area (Å²) in [7, 11) is -2.75. The summed E-state index contributed by atoms with van der Waals surface area (Å²) in [6.45, 7) is 3.23. The number of sulfonamides is 1. The number of anilines is 1. The Kier molecular flexibility index (Phi) is 5.99. The Bertz CT molecular complexity index is 1030. The van der Waals surface area contributed by atoms with Crippen LogP contribution in [0.3, 0.4) is 0 Å². The van der Waals surface area contributed by atoms with E-state index >= 15 is 0 Å². The predicted molar refractivity (Wildman–Crippen MR) is 110 cm³/mol. The van der Waals surface area contributed by atoms with Gasteiger partial charge >= 0.3 is 6.18 Å². The highest BCUT2D eigenvalue weighted by atomic mass is 35.5. The molecule has 2 bridgehead atoms. The summed E-state index contributed by atoms with van der Waals surface area (Å²) in [4.78, 5) is 24.9. The number of benzene rings is 1. The van der Waals surface area contributed by atoms with Crippen molar-refractivity contribution in [1.29, 1.82) is 0 Å². The first-order chi connectivity index (χ1) is 14.1. The van der Waals surface area contributed by atoms with Crippen LogP contribution in [0.15, 0.2) is 18.2 Å². The molecule has 0 heterocycles. The van der Waals surface area contributed by atoms with Gasteiger partial charge in [0.05, 0.1) is 22.9 Å². The van der Waals surface area contributed by atoms with E-state index in [1.54, 1.807) is 0 Å². The molecule has 11 heteroatoms.